The molecular weight excluding hydrogens is 357 g/mol. The van der Waals surface area contributed by atoms with E-state index in [-0.39, 0.29) is 11.9 Å². The van der Waals surface area contributed by atoms with Gasteiger partial charge in [0.25, 0.3) is 0 Å². The van der Waals surface area contributed by atoms with Crippen LogP contribution in [0.25, 0.3) is 0 Å². The molecule has 2 aromatic carbocycles. The standard InChI is InChI=1S/C19H21Cl2N3O/c20-15-5-3-4-14(12-15)18-13-22-9-11-24(18)10-8-19(25)23-17-7-2-1-6-16(17)21/h1-7,12,18,22H,8-11,13H2,(H,23,25). The van der Waals surface area contributed by atoms with E-state index in [4.69, 9.17) is 23.2 Å². The summed E-state index contributed by atoms with van der Waals surface area (Å²) >= 11 is 12.2. The number of hydrogen-bond donors (Lipinski definition) is 2. The van der Waals surface area contributed by atoms with Gasteiger partial charge in [-0.25, -0.2) is 0 Å². The summed E-state index contributed by atoms with van der Waals surface area (Å²) < 4.78 is 0. The molecule has 132 valence electrons. The van der Waals surface area contributed by atoms with E-state index >= 15 is 0 Å². The molecule has 25 heavy (non-hydrogen) atoms. The van der Waals surface area contributed by atoms with Gasteiger partial charge in [-0.15, -0.1) is 0 Å². The lowest BCUT2D eigenvalue weighted by Crippen LogP contribution is -2.46. The van der Waals surface area contributed by atoms with Crippen molar-refractivity contribution in [3.05, 3.63) is 64.1 Å². The van der Waals surface area contributed by atoms with Crippen molar-refractivity contribution in [2.24, 2.45) is 0 Å². The van der Waals surface area contributed by atoms with Gasteiger partial charge in [-0.2, -0.15) is 0 Å². The molecule has 4 nitrogen and oxygen atoms in total. The van der Waals surface area contributed by atoms with Crippen LogP contribution in [0.1, 0.15) is 18.0 Å². The largest absolute Gasteiger partial charge is 0.325 e. The van der Waals surface area contributed by atoms with Gasteiger partial charge in [0, 0.05) is 43.7 Å². The minimum atomic E-state index is -0.0310. The summed E-state index contributed by atoms with van der Waals surface area (Å²) in [6.45, 7) is 3.36. The minimum Gasteiger partial charge on any atom is -0.325 e. The minimum absolute atomic E-state index is 0.0310. The van der Waals surface area contributed by atoms with E-state index < -0.39 is 0 Å². The van der Waals surface area contributed by atoms with Crippen LogP contribution in [0, 0.1) is 0 Å². The highest BCUT2D eigenvalue weighted by molar-refractivity contribution is 6.33. The first-order chi connectivity index (χ1) is 12.1. The number of benzene rings is 2. The number of nitrogens with one attached hydrogen (secondary N) is 2. The molecule has 2 N–H and O–H groups in total. The molecule has 0 bridgehead atoms. The Balaban J connectivity index is 1.60. The molecule has 1 fully saturated rings. The predicted molar refractivity (Wildman–Crippen MR) is 103 cm³/mol. The Hall–Kier alpha value is -1.59. The summed E-state index contributed by atoms with van der Waals surface area (Å²) in [5.74, 6) is -0.0310. The van der Waals surface area contributed by atoms with Crippen LogP contribution in [-0.2, 0) is 4.79 Å². The van der Waals surface area contributed by atoms with Gasteiger partial charge >= 0.3 is 0 Å². The molecule has 6 heteroatoms. The number of piperazine rings is 1. The highest BCUT2D eigenvalue weighted by atomic mass is 35.5. The predicted octanol–water partition coefficient (Wildman–Crippen LogP) is 3.97. The van der Waals surface area contributed by atoms with Crippen LogP contribution in [-0.4, -0.2) is 37.0 Å². The van der Waals surface area contributed by atoms with Crippen molar-refractivity contribution >= 4 is 34.8 Å². The zero-order valence-corrected chi connectivity index (χ0v) is 15.4. The fourth-order valence-corrected chi connectivity index (χ4v) is 3.46. The third-order valence-corrected chi connectivity index (χ3v) is 4.93. The molecule has 0 aliphatic carbocycles. The quantitative estimate of drug-likeness (QED) is 0.828. The third-order valence-electron chi connectivity index (χ3n) is 4.36. The zero-order chi connectivity index (χ0) is 17.6. The molecule has 1 aliphatic heterocycles. The second-order valence-electron chi connectivity index (χ2n) is 6.09. The van der Waals surface area contributed by atoms with Gasteiger partial charge < -0.3 is 10.6 Å². The highest BCUT2D eigenvalue weighted by Crippen LogP contribution is 2.25. The summed E-state index contributed by atoms with van der Waals surface area (Å²) in [5.41, 5.74) is 1.83. The lowest BCUT2D eigenvalue weighted by molar-refractivity contribution is -0.116. The lowest BCUT2D eigenvalue weighted by atomic mass is 10.0. The van der Waals surface area contributed by atoms with Crippen molar-refractivity contribution in [1.82, 2.24) is 10.2 Å². The number of halogens is 2. The van der Waals surface area contributed by atoms with Gasteiger partial charge in [0.1, 0.15) is 0 Å². The first-order valence-corrected chi connectivity index (χ1v) is 9.13. The summed E-state index contributed by atoms with van der Waals surface area (Å²) in [6.07, 6.45) is 0.419. The molecule has 1 atom stereocenters. The van der Waals surface area contributed by atoms with Gasteiger partial charge in [0.15, 0.2) is 0 Å². The van der Waals surface area contributed by atoms with Gasteiger partial charge in [-0.1, -0.05) is 47.5 Å². The summed E-state index contributed by atoms with van der Waals surface area (Å²) in [5, 5.41) is 7.58. The Kier molecular flexibility index (Phi) is 6.32. The topological polar surface area (TPSA) is 44.4 Å². The number of carbonyl (C=O) groups is 1. The normalized spacial score (nSPS) is 18.1. The second-order valence-corrected chi connectivity index (χ2v) is 6.93. The van der Waals surface area contributed by atoms with E-state index in [0.29, 0.717) is 23.7 Å². The monoisotopic (exact) mass is 377 g/mol. The average Bonchev–Trinajstić information content (AvgIpc) is 2.62. The average molecular weight is 378 g/mol. The zero-order valence-electron chi connectivity index (χ0n) is 13.8. The molecule has 1 heterocycles. The number of hydrogen-bond acceptors (Lipinski definition) is 3. The SMILES string of the molecule is O=C(CCN1CCNCC1c1cccc(Cl)c1)Nc1ccccc1Cl. The van der Waals surface area contributed by atoms with Crippen LogP contribution in [0.15, 0.2) is 48.5 Å². The van der Waals surface area contributed by atoms with Crippen LogP contribution in [0.4, 0.5) is 5.69 Å². The van der Waals surface area contributed by atoms with Gasteiger partial charge in [0.2, 0.25) is 5.91 Å². The van der Waals surface area contributed by atoms with Gasteiger partial charge in [-0.3, -0.25) is 9.69 Å². The van der Waals surface area contributed by atoms with Crippen molar-refractivity contribution in [3.8, 4) is 0 Å². The highest BCUT2D eigenvalue weighted by Gasteiger charge is 2.24. The molecule has 3 rings (SSSR count). The Morgan fingerprint density at radius 1 is 1.20 bits per heavy atom. The van der Waals surface area contributed by atoms with E-state index in [2.05, 4.69) is 21.6 Å². The first kappa shape index (κ1) is 18.2. The van der Waals surface area contributed by atoms with E-state index in [1.54, 1.807) is 12.1 Å². The Labute approximate surface area is 158 Å². The fourth-order valence-electron chi connectivity index (χ4n) is 3.08. The Morgan fingerprint density at radius 3 is 2.84 bits per heavy atom. The second kappa shape index (κ2) is 8.68. The van der Waals surface area contributed by atoms with Crippen molar-refractivity contribution in [2.45, 2.75) is 12.5 Å². The van der Waals surface area contributed by atoms with Crippen LogP contribution >= 0.6 is 23.2 Å². The van der Waals surface area contributed by atoms with Crippen LogP contribution in [0.2, 0.25) is 10.0 Å². The van der Waals surface area contributed by atoms with Gasteiger partial charge in [0.05, 0.1) is 10.7 Å². The van der Waals surface area contributed by atoms with Crippen LogP contribution in [0.3, 0.4) is 0 Å². The van der Waals surface area contributed by atoms with Crippen molar-refractivity contribution < 1.29 is 4.79 Å². The van der Waals surface area contributed by atoms with Crippen LogP contribution < -0.4 is 10.6 Å². The molecule has 1 saturated heterocycles. The Bertz CT molecular complexity index is 738. The number of anilines is 1. The van der Waals surface area contributed by atoms with Crippen molar-refractivity contribution in [2.75, 3.05) is 31.5 Å². The molecule has 0 spiro atoms. The summed E-state index contributed by atoms with van der Waals surface area (Å²) in [4.78, 5) is 14.6. The molecule has 0 radical (unpaired) electrons. The maximum atomic E-state index is 12.3. The lowest BCUT2D eigenvalue weighted by Gasteiger charge is -2.36. The maximum Gasteiger partial charge on any atom is 0.225 e. The number of rotatable bonds is 5. The number of carbonyl (C=O) groups excluding carboxylic acids is 1. The third kappa shape index (κ3) is 4.95. The number of para-hydroxylation sites is 1. The van der Waals surface area contributed by atoms with Crippen LogP contribution in [0.5, 0.6) is 0 Å². The molecule has 0 saturated carbocycles. The molecule has 1 amide bonds. The molecule has 2 aromatic rings. The molecule has 0 aromatic heterocycles. The summed E-state index contributed by atoms with van der Waals surface area (Å²) in [6, 6.07) is 15.4. The molecular formula is C19H21Cl2N3O. The fraction of sp³-hybridized carbons (Fsp3) is 0.316. The van der Waals surface area contributed by atoms with E-state index in [0.717, 1.165) is 24.7 Å². The molecule has 1 aliphatic rings. The Morgan fingerprint density at radius 2 is 2.04 bits per heavy atom. The molecule has 1 unspecified atom stereocenters. The van der Waals surface area contributed by atoms with Crippen molar-refractivity contribution in [1.29, 1.82) is 0 Å². The van der Waals surface area contributed by atoms with Crippen molar-refractivity contribution in [3.63, 3.8) is 0 Å². The number of nitrogens with zero attached hydrogens (tertiary/aromatic N) is 1. The maximum absolute atomic E-state index is 12.3. The first-order valence-electron chi connectivity index (χ1n) is 8.38. The summed E-state index contributed by atoms with van der Waals surface area (Å²) in [7, 11) is 0. The van der Waals surface area contributed by atoms with E-state index in [9.17, 15) is 4.79 Å². The van der Waals surface area contributed by atoms with E-state index in [1.807, 2.05) is 30.3 Å². The smallest absolute Gasteiger partial charge is 0.225 e. The van der Waals surface area contributed by atoms with Gasteiger partial charge in [-0.05, 0) is 29.8 Å². The number of amides is 1. The van der Waals surface area contributed by atoms with E-state index in [1.165, 1.54) is 5.56 Å².